The van der Waals surface area contributed by atoms with Crippen LogP contribution in [0.2, 0.25) is 0 Å². The van der Waals surface area contributed by atoms with Crippen molar-refractivity contribution in [1.29, 1.82) is 0 Å². The molecule has 1 aliphatic rings. The van der Waals surface area contributed by atoms with Gasteiger partial charge in [0.2, 0.25) is 6.79 Å². The number of methoxy groups -OCH3 is 1. The highest BCUT2D eigenvalue weighted by Gasteiger charge is 2.16. The molecular weight excluding hydrogens is 270 g/mol. The van der Waals surface area contributed by atoms with E-state index in [-0.39, 0.29) is 6.79 Å². The van der Waals surface area contributed by atoms with E-state index in [0.29, 0.717) is 11.4 Å². The van der Waals surface area contributed by atoms with Crippen LogP contribution in [0.1, 0.15) is 0 Å². The molecule has 2 aromatic carbocycles. The predicted octanol–water partition coefficient (Wildman–Crippen LogP) is 2.55. The van der Waals surface area contributed by atoms with Gasteiger partial charge in [0.15, 0.2) is 11.5 Å². The largest absolute Gasteiger partial charge is 0.495 e. The van der Waals surface area contributed by atoms with Gasteiger partial charge in [0.25, 0.3) is 0 Å². The van der Waals surface area contributed by atoms with E-state index >= 15 is 0 Å². The summed E-state index contributed by atoms with van der Waals surface area (Å²) in [5, 5.41) is 0. The van der Waals surface area contributed by atoms with E-state index in [1.807, 2.05) is 30.3 Å². The van der Waals surface area contributed by atoms with Crippen molar-refractivity contribution in [3.8, 4) is 28.6 Å². The van der Waals surface area contributed by atoms with Crippen LogP contribution in [-0.2, 0) is 0 Å². The molecule has 0 bridgehead atoms. The van der Waals surface area contributed by atoms with Gasteiger partial charge in [0, 0.05) is 17.7 Å². The van der Waals surface area contributed by atoms with E-state index in [1.165, 1.54) is 0 Å². The Morgan fingerprint density at radius 2 is 2.00 bits per heavy atom. The van der Waals surface area contributed by atoms with Gasteiger partial charge in [-0.2, -0.15) is 0 Å². The highest BCUT2D eigenvalue weighted by atomic mass is 16.7. The van der Waals surface area contributed by atoms with Crippen LogP contribution in [0.5, 0.6) is 17.2 Å². The molecule has 0 spiro atoms. The standard InChI is InChI=1S/C15H13N3O3/c1-19-12-3-2-8(4-9(12)16)15-17-10-5-13-14(21-7-20-13)6-11(10)18-15/h2-6H,7,16H2,1H3,(H,17,18). The Bertz CT molecular complexity index is 801. The van der Waals surface area contributed by atoms with Crippen molar-refractivity contribution in [1.82, 2.24) is 9.97 Å². The van der Waals surface area contributed by atoms with Gasteiger partial charge in [-0.25, -0.2) is 4.98 Å². The molecule has 3 N–H and O–H groups in total. The minimum absolute atomic E-state index is 0.254. The number of anilines is 1. The maximum atomic E-state index is 5.94. The summed E-state index contributed by atoms with van der Waals surface area (Å²) in [7, 11) is 1.59. The van der Waals surface area contributed by atoms with Crippen LogP contribution < -0.4 is 19.9 Å². The van der Waals surface area contributed by atoms with Crippen molar-refractivity contribution < 1.29 is 14.2 Å². The number of H-pyrrole nitrogens is 1. The van der Waals surface area contributed by atoms with Gasteiger partial charge >= 0.3 is 0 Å². The fraction of sp³-hybridized carbons (Fsp3) is 0.133. The van der Waals surface area contributed by atoms with E-state index < -0.39 is 0 Å². The number of nitrogens with zero attached hydrogens (tertiary/aromatic N) is 1. The zero-order valence-corrected chi connectivity index (χ0v) is 11.3. The van der Waals surface area contributed by atoms with E-state index in [0.717, 1.165) is 33.9 Å². The molecule has 0 fully saturated rings. The first-order chi connectivity index (χ1) is 10.2. The normalized spacial score (nSPS) is 12.8. The number of nitrogens with one attached hydrogen (secondary N) is 1. The number of imidazole rings is 1. The fourth-order valence-electron chi connectivity index (χ4n) is 2.42. The molecule has 1 aromatic heterocycles. The number of benzene rings is 2. The second-order valence-electron chi connectivity index (χ2n) is 4.76. The fourth-order valence-corrected chi connectivity index (χ4v) is 2.42. The molecule has 21 heavy (non-hydrogen) atoms. The van der Waals surface area contributed by atoms with Crippen molar-refractivity contribution in [2.75, 3.05) is 19.6 Å². The van der Waals surface area contributed by atoms with Crippen molar-refractivity contribution in [3.05, 3.63) is 30.3 Å². The van der Waals surface area contributed by atoms with Crippen molar-refractivity contribution >= 4 is 16.7 Å². The predicted molar refractivity (Wildman–Crippen MR) is 78.6 cm³/mol. The van der Waals surface area contributed by atoms with Crippen molar-refractivity contribution in [2.24, 2.45) is 0 Å². The number of aromatic nitrogens is 2. The maximum Gasteiger partial charge on any atom is 0.231 e. The Kier molecular flexibility index (Phi) is 2.44. The molecule has 4 rings (SSSR count). The lowest BCUT2D eigenvalue weighted by molar-refractivity contribution is 0.174. The lowest BCUT2D eigenvalue weighted by Gasteiger charge is -2.05. The quantitative estimate of drug-likeness (QED) is 0.706. The van der Waals surface area contributed by atoms with Crippen LogP contribution in [0.4, 0.5) is 5.69 Å². The van der Waals surface area contributed by atoms with Crippen LogP contribution >= 0.6 is 0 Å². The molecule has 1 aliphatic heterocycles. The monoisotopic (exact) mass is 283 g/mol. The third-order valence-corrected chi connectivity index (χ3v) is 3.48. The first-order valence-corrected chi connectivity index (χ1v) is 6.48. The van der Waals surface area contributed by atoms with Crippen LogP contribution in [0.25, 0.3) is 22.4 Å². The summed E-state index contributed by atoms with van der Waals surface area (Å²) in [5.74, 6) is 2.83. The lowest BCUT2D eigenvalue weighted by Crippen LogP contribution is -1.93. The number of hydrogen-bond donors (Lipinski definition) is 2. The topological polar surface area (TPSA) is 82.4 Å². The minimum Gasteiger partial charge on any atom is -0.495 e. The van der Waals surface area contributed by atoms with Gasteiger partial charge in [-0.15, -0.1) is 0 Å². The number of rotatable bonds is 2. The first-order valence-electron chi connectivity index (χ1n) is 6.48. The summed E-state index contributed by atoms with van der Waals surface area (Å²) in [6.45, 7) is 0.254. The SMILES string of the molecule is COc1ccc(-c2nc3cc4c(cc3[nH]2)OCO4)cc1N. The first kappa shape index (κ1) is 11.9. The molecule has 0 saturated heterocycles. The second-order valence-corrected chi connectivity index (χ2v) is 4.76. The van der Waals surface area contributed by atoms with Gasteiger partial charge in [-0.1, -0.05) is 0 Å². The minimum atomic E-state index is 0.254. The third-order valence-electron chi connectivity index (χ3n) is 3.48. The number of nitrogens with two attached hydrogens (primary N) is 1. The van der Waals surface area contributed by atoms with E-state index in [9.17, 15) is 0 Å². The van der Waals surface area contributed by atoms with E-state index in [4.69, 9.17) is 19.9 Å². The molecule has 0 amide bonds. The highest BCUT2D eigenvalue weighted by Crippen LogP contribution is 2.36. The van der Waals surface area contributed by atoms with E-state index in [2.05, 4.69) is 9.97 Å². The van der Waals surface area contributed by atoms with Crippen molar-refractivity contribution in [2.45, 2.75) is 0 Å². The van der Waals surface area contributed by atoms with Gasteiger partial charge in [0.1, 0.15) is 11.6 Å². The molecule has 0 radical (unpaired) electrons. The Hall–Kier alpha value is -2.89. The zero-order chi connectivity index (χ0) is 14.4. The molecule has 2 heterocycles. The number of nitrogen functional groups attached to an aromatic ring is 1. The van der Waals surface area contributed by atoms with Gasteiger partial charge in [-0.3, -0.25) is 0 Å². The molecule has 0 aliphatic carbocycles. The summed E-state index contributed by atoms with van der Waals surface area (Å²) in [6.07, 6.45) is 0. The number of fused-ring (bicyclic) bond motifs is 2. The van der Waals surface area contributed by atoms with Gasteiger partial charge in [-0.05, 0) is 18.2 Å². The summed E-state index contributed by atoms with van der Waals surface area (Å²) in [4.78, 5) is 7.83. The van der Waals surface area contributed by atoms with Crippen molar-refractivity contribution in [3.63, 3.8) is 0 Å². The Balaban J connectivity index is 1.82. The second kappa shape index (κ2) is 4.31. The molecule has 6 heteroatoms. The summed E-state index contributed by atoms with van der Waals surface area (Å²) in [5.41, 5.74) is 9.12. The van der Waals surface area contributed by atoms with Crippen LogP contribution in [0.3, 0.4) is 0 Å². The van der Waals surface area contributed by atoms with Crippen LogP contribution in [0, 0.1) is 0 Å². The Morgan fingerprint density at radius 1 is 1.19 bits per heavy atom. The van der Waals surface area contributed by atoms with Crippen LogP contribution in [-0.4, -0.2) is 23.9 Å². The van der Waals surface area contributed by atoms with E-state index in [1.54, 1.807) is 7.11 Å². The molecular formula is C15H13N3O3. The average Bonchev–Trinajstić information content (AvgIpc) is 3.09. The number of hydrogen-bond acceptors (Lipinski definition) is 5. The van der Waals surface area contributed by atoms with Crippen LogP contribution in [0.15, 0.2) is 30.3 Å². The molecule has 3 aromatic rings. The number of aromatic amines is 1. The molecule has 0 unspecified atom stereocenters. The average molecular weight is 283 g/mol. The molecule has 6 nitrogen and oxygen atoms in total. The highest BCUT2D eigenvalue weighted by molar-refractivity contribution is 5.83. The lowest BCUT2D eigenvalue weighted by atomic mass is 10.2. The smallest absolute Gasteiger partial charge is 0.231 e. The summed E-state index contributed by atoms with van der Waals surface area (Å²) >= 11 is 0. The van der Waals surface area contributed by atoms with Gasteiger partial charge < -0.3 is 24.9 Å². The molecule has 0 atom stereocenters. The summed E-state index contributed by atoms with van der Waals surface area (Å²) < 4.78 is 15.9. The third kappa shape index (κ3) is 1.84. The molecule has 106 valence electrons. The molecule has 0 saturated carbocycles. The Morgan fingerprint density at radius 3 is 2.76 bits per heavy atom. The summed E-state index contributed by atoms with van der Waals surface area (Å²) in [6, 6.07) is 9.32. The van der Waals surface area contributed by atoms with Gasteiger partial charge in [0.05, 0.1) is 23.8 Å². The maximum absolute atomic E-state index is 5.94. The zero-order valence-electron chi connectivity index (χ0n) is 11.3. The number of ether oxygens (including phenoxy) is 3. The Labute approximate surface area is 120 Å².